The first kappa shape index (κ1) is 13.5. The summed E-state index contributed by atoms with van der Waals surface area (Å²) in [4.78, 5) is 12.3. The molecule has 2 aromatic rings. The van der Waals surface area contributed by atoms with Crippen LogP contribution in [-0.2, 0) is 0 Å². The molecule has 0 heterocycles. The van der Waals surface area contributed by atoms with Gasteiger partial charge in [0.1, 0.15) is 11.5 Å². The van der Waals surface area contributed by atoms with Crippen LogP contribution in [0.25, 0.3) is 0 Å². The minimum atomic E-state index is -0.793. The van der Waals surface area contributed by atoms with Gasteiger partial charge in [0.15, 0.2) is 11.5 Å². The number of phenolic OH excluding ortho intramolecular Hbond substituents is 4. The van der Waals surface area contributed by atoms with Crippen LogP contribution in [0.1, 0.15) is 15.9 Å². The summed E-state index contributed by atoms with van der Waals surface area (Å²) in [5.41, 5.74) is -0.339. The molecule has 4 N–H and O–H groups in total. The number of ketones is 1. The second kappa shape index (κ2) is 5.00. The fourth-order valence-electron chi connectivity index (χ4n) is 1.72. The van der Waals surface area contributed by atoms with E-state index in [1.165, 1.54) is 25.3 Å². The third-order valence-electron chi connectivity index (χ3n) is 2.82. The number of phenols is 4. The third kappa shape index (κ3) is 2.18. The van der Waals surface area contributed by atoms with Crippen LogP contribution in [0, 0.1) is 0 Å². The quantitative estimate of drug-likeness (QED) is 0.502. The van der Waals surface area contributed by atoms with Crippen molar-refractivity contribution >= 4 is 5.78 Å². The lowest BCUT2D eigenvalue weighted by molar-refractivity contribution is 0.103. The largest absolute Gasteiger partial charge is 0.507 e. The molecule has 0 aromatic heterocycles. The highest BCUT2D eigenvalue weighted by Gasteiger charge is 2.21. The molecule has 2 rings (SSSR count). The molecule has 0 saturated heterocycles. The van der Waals surface area contributed by atoms with Crippen LogP contribution in [0.15, 0.2) is 30.3 Å². The van der Waals surface area contributed by atoms with Gasteiger partial charge in [-0.3, -0.25) is 4.79 Å². The SMILES string of the molecule is COc1ccc(O)c(C(=O)c2ccc(O)c(O)c2O)c1. The predicted octanol–water partition coefficient (Wildman–Crippen LogP) is 1.75. The first-order valence-corrected chi connectivity index (χ1v) is 5.61. The van der Waals surface area contributed by atoms with Crippen LogP contribution in [0.4, 0.5) is 0 Å². The van der Waals surface area contributed by atoms with Gasteiger partial charge in [0.2, 0.25) is 11.5 Å². The van der Waals surface area contributed by atoms with Gasteiger partial charge in [-0.05, 0) is 30.3 Å². The number of carbonyl (C=O) groups is 1. The molecule has 0 atom stereocenters. The van der Waals surface area contributed by atoms with E-state index in [4.69, 9.17) is 4.74 Å². The summed E-state index contributed by atoms with van der Waals surface area (Å²) in [5, 5.41) is 38.0. The van der Waals surface area contributed by atoms with Crippen LogP contribution >= 0.6 is 0 Å². The summed E-state index contributed by atoms with van der Waals surface area (Å²) in [5.74, 6) is -2.74. The number of hydrogen-bond acceptors (Lipinski definition) is 6. The van der Waals surface area contributed by atoms with E-state index >= 15 is 0 Å². The molecule has 0 aliphatic heterocycles. The Labute approximate surface area is 114 Å². The summed E-state index contributed by atoms with van der Waals surface area (Å²) >= 11 is 0. The number of benzene rings is 2. The van der Waals surface area contributed by atoms with Gasteiger partial charge in [-0.15, -0.1) is 0 Å². The fourth-order valence-corrected chi connectivity index (χ4v) is 1.72. The van der Waals surface area contributed by atoms with E-state index in [2.05, 4.69) is 0 Å². The molecule has 6 nitrogen and oxygen atoms in total. The van der Waals surface area contributed by atoms with E-state index in [9.17, 15) is 25.2 Å². The van der Waals surface area contributed by atoms with Crippen LogP contribution in [-0.4, -0.2) is 33.3 Å². The topological polar surface area (TPSA) is 107 Å². The molecule has 0 fully saturated rings. The number of aromatic hydroxyl groups is 4. The van der Waals surface area contributed by atoms with Crippen LogP contribution in [0.3, 0.4) is 0 Å². The van der Waals surface area contributed by atoms with Crippen molar-refractivity contribution in [3.63, 3.8) is 0 Å². The van der Waals surface area contributed by atoms with Gasteiger partial charge < -0.3 is 25.2 Å². The Morgan fingerprint density at radius 1 is 0.900 bits per heavy atom. The first-order valence-electron chi connectivity index (χ1n) is 5.61. The molecule has 0 saturated carbocycles. The molecule has 0 amide bonds. The number of ether oxygens (including phenoxy) is 1. The molecular formula is C14H12O6. The van der Waals surface area contributed by atoms with Gasteiger partial charge in [0.25, 0.3) is 0 Å². The summed E-state index contributed by atoms with van der Waals surface area (Å²) < 4.78 is 4.95. The molecule has 0 spiro atoms. The van der Waals surface area contributed by atoms with Crippen LogP contribution in [0.5, 0.6) is 28.7 Å². The van der Waals surface area contributed by atoms with Crippen LogP contribution < -0.4 is 4.74 Å². The Morgan fingerprint density at radius 2 is 1.55 bits per heavy atom. The number of carbonyl (C=O) groups excluding carboxylic acids is 1. The predicted molar refractivity (Wildman–Crippen MR) is 69.5 cm³/mol. The number of rotatable bonds is 3. The number of methoxy groups -OCH3 is 1. The zero-order valence-corrected chi connectivity index (χ0v) is 10.5. The average Bonchev–Trinajstić information content (AvgIpc) is 2.45. The Kier molecular flexibility index (Phi) is 3.39. The number of hydrogen-bond donors (Lipinski definition) is 4. The van der Waals surface area contributed by atoms with E-state index < -0.39 is 23.0 Å². The van der Waals surface area contributed by atoms with Crippen molar-refractivity contribution in [2.45, 2.75) is 0 Å². The Bertz CT molecular complexity index is 678. The van der Waals surface area contributed by atoms with Crippen molar-refractivity contribution in [2.75, 3.05) is 7.11 Å². The molecule has 2 aromatic carbocycles. The molecule has 0 unspecified atom stereocenters. The lowest BCUT2D eigenvalue weighted by Crippen LogP contribution is -2.03. The monoisotopic (exact) mass is 276 g/mol. The Hall–Kier alpha value is -2.89. The Balaban J connectivity index is 2.54. The highest BCUT2D eigenvalue weighted by Crippen LogP contribution is 2.38. The van der Waals surface area contributed by atoms with E-state index in [0.717, 1.165) is 12.1 Å². The highest BCUT2D eigenvalue weighted by atomic mass is 16.5. The first-order chi connectivity index (χ1) is 9.45. The summed E-state index contributed by atoms with van der Waals surface area (Å²) in [7, 11) is 1.41. The van der Waals surface area contributed by atoms with E-state index in [-0.39, 0.29) is 16.9 Å². The normalized spacial score (nSPS) is 10.2. The highest BCUT2D eigenvalue weighted by molar-refractivity contribution is 6.13. The van der Waals surface area contributed by atoms with E-state index in [1.54, 1.807) is 0 Å². The lowest BCUT2D eigenvalue weighted by Gasteiger charge is -2.09. The zero-order valence-electron chi connectivity index (χ0n) is 10.5. The van der Waals surface area contributed by atoms with Gasteiger partial charge in [0, 0.05) is 0 Å². The summed E-state index contributed by atoms with van der Waals surface area (Å²) in [6.07, 6.45) is 0. The molecule has 6 heteroatoms. The van der Waals surface area contributed by atoms with E-state index in [0.29, 0.717) is 5.75 Å². The van der Waals surface area contributed by atoms with E-state index in [1.807, 2.05) is 0 Å². The summed E-state index contributed by atoms with van der Waals surface area (Å²) in [6.45, 7) is 0. The maximum Gasteiger partial charge on any atom is 0.201 e. The van der Waals surface area contributed by atoms with Crippen molar-refractivity contribution in [1.82, 2.24) is 0 Å². The molecule has 0 aliphatic rings. The summed E-state index contributed by atoms with van der Waals surface area (Å²) in [6, 6.07) is 6.27. The van der Waals surface area contributed by atoms with Crippen molar-refractivity contribution in [3.8, 4) is 28.7 Å². The smallest absolute Gasteiger partial charge is 0.201 e. The second-order valence-corrected chi connectivity index (χ2v) is 4.04. The molecule has 0 bridgehead atoms. The molecular weight excluding hydrogens is 264 g/mol. The third-order valence-corrected chi connectivity index (χ3v) is 2.82. The van der Waals surface area contributed by atoms with Crippen LogP contribution in [0.2, 0.25) is 0 Å². The maximum atomic E-state index is 12.3. The minimum absolute atomic E-state index is 0.0928. The minimum Gasteiger partial charge on any atom is -0.507 e. The Morgan fingerprint density at radius 3 is 2.20 bits per heavy atom. The standard InChI is InChI=1S/C14H12O6/c1-20-7-2-4-10(15)9(6-7)12(17)8-3-5-11(16)14(19)13(8)18/h2-6,15-16,18-19H,1H3. The zero-order chi connectivity index (χ0) is 14.9. The maximum absolute atomic E-state index is 12.3. The molecule has 0 aliphatic carbocycles. The second-order valence-electron chi connectivity index (χ2n) is 4.04. The lowest BCUT2D eigenvalue weighted by atomic mass is 10.0. The van der Waals surface area contributed by atoms with Gasteiger partial charge in [-0.1, -0.05) is 0 Å². The van der Waals surface area contributed by atoms with Crippen molar-refractivity contribution in [2.24, 2.45) is 0 Å². The van der Waals surface area contributed by atoms with Gasteiger partial charge in [0.05, 0.1) is 18.2 Å². The van der Waals surface area contributed by atoms with Gasteiger partial charge >= 0.3 is 0 Å². The molecule has 104 valence electrons. The van der Waals surface area contributed by atoms with Gasteiger partial charge in [-0.2, -0.15) is 0 Å². The van der Waals surface area contributed by atoms with Gasteiger partial charge in [-0.25, -0.2) is 0 Å². The van der Waals surface area contributed by atoms with Crippen molar-refractivity contribution in [1.29, 1.82) is 0 Å². The average molecular weight is 276 g/mol. The fraction of sp³-hybridized carbons (Fsp3) is 0.0714. The van der Waals surface area contributed by atoms with Crippen molar-refractivity contribution in [3.05, 3.63) is 41.5 Å². The molecule has 20 heavy (non-hydrogen) atoms. The van der Waals surface area contributed by atoms with Crippen molar-refractivity contribution < 1.29 is 30.0 Å². The molecule has 0 radical (unpaired) electrons.